The smallest absolute Gasteiger partial charge is 0.218 e. The maximum atomic E-state index is 9.99. The summed E-state index contributed by atoms with van der Waals surface area (Å²) in [5.74, 6) is 2.97. The fraction of sp³-hybridized carbons (Fsp3) is 0.500. The molecule has 1 aromatic heterocycles. The summed E-state index contributed by atoms with van der Waals surface area (Å²) in [5, 5.41) is 9.99. The Morgan fingerprint density at radius 2 is 1.96 bits per heavy atom. The van der Waals surface area contributed by atoms with Crippen LogP contribution in [0.1, 0.15) is 24.3 Å². The van der Waals surface area contributed by atoms with Crippen LogP contribution in [0.15, 0.2) is 36.7 Å². The first-order valence-electron chi connectivity index (χ1n) is 9.40. The van der Waals surface area contributed by atoms with Gasteiger partial charge in [0.2, 0.25) is 5.88 Å². The largest absolute Gasteiger partial charge is 0.508 e. The van der Waals surface area contributed by atoms with Crippen molar-refractivity contribution in [2.24, 2.45) is 5.92 Å². The van der Waals surface area contributed by atoms with Crippen molar-refractivity contribution < 1.29 is 9.84 Å². The first-order valence-corrected chi connectivity index (χ1v) is 9.40. The minimum atomic E-state index is 0.345. The molecule has 26 heavy (non-hydrogen) atoms. The van der Waals surface area contributed by atoms with Crippen molar-refractivity contribution in [2.75, 3.05) is 31.6 Å². The van der Waals surface area contributed by atoms with Crippen LogP contribution in [-0.2, 0) is 0 Å². The SMILES string of the molecule is COc1cc(N2C[C@H](c3cccc(O)c3)[C@H]3[C@@H]2C2CCN3CC2)ncn1. The van der Waals surface area contributed by atoms with Crippen molar-refractivity contribution in [3.63, 3.8) is 0 Å². The van der Waals surface area contributed by atoms with Crippen molar-refractivity contribution in [1.29, 1.82) is 0 Å². The highest BCUT2D eigenvalue weighted by Crippen LogP contribution is 2.48. The average molecular weight is 352 g/mol. The van der Waals surface area contributed by atoms with Gasteiger partial charge in [-0.3, -0.25) is 4.90 Å². The molecule has 6 nitrogen and oxygen atoms in total. The van der Waals surface area contributed by atoms with E-state index in [0.717, 1.165) is 12.4 Å². The molecule has 2 bridgehead atoms. The number of rotatable bonds is 3. The van der Waals surface area contributed by atoms with Gasteiger partial charge in [-0.15, -0.1) is 0 Å². The summed E-state index contributed by atoms with van der Waals surface area (Å²) in [6.07, 6.45) is 4.10. The Morgan fingerprint density at radius 3 is 2.73 bits per heavy atom. The van der Waals surface area contributed by atoms with Crippen molar-refractivity contribution >= 4 is 5.82 Å². The monoisotopic (exact) mass is 352 g/mol. The van der Waals surface area contributed by atoms with Gasteiger partial charge in [-0.1, -0.05) is 12.1 Å². The zero-order valence-electron chi connectivity index (χ0n) is 15.0. The first kappa shape index (κ1) is 15.9. The second kappa shape index (κ2) is 6.13. The summed E-state index contributed by atoms with van der Waals surface area (Å²) in [6, 6.07) is 10.7. The lowest BCUT2D eigenvalue weighted by Gasteiger charge is -2.51. The predicted octanol–water partition coefficient (Wildman–Crippen LogP) is 2.26. The van der Waals surface area contributed by atoms with Gasteiger partial charge in [0.15, 0.2) is 0 Å². The number of piperidine rings is 3. The van der Waals surface area contributed by atoms with Crippen molar-refractivity contribution in [3.8, 4) is 11.6 Å². The van der Waals surface area contributed by atoms with E-state index in [4.69, 9.17) is 4.74 Å². The third-order valence-electron chi connectivity index (χ3n) is 6.42. The van der Waals surface area contributed by atoms with Gasteiger partial charge >= 0.3 is 0 Å². The molecule has 136 valence electrons. The summed E-state index contributed by atoms with van der Waals surface area (Å²) in [7, 11) is 1.64. The summed E-state index contributed by atoms with van der Waals surface area (Å²) in [5.41, 5.74) is 1.22. The van der Waals surface area contributed by atoms with Gasteiger partial charge in [0.05, 0.1) is 7.11 Å². The molecule has 4 aliphatic rings. The molecule has 1 aromatic carbocycles. The molecule has 6 rings (SSSR count). The number of aromatic hydroxyl groups is 1. The molecule has 0 spiro atoms. The number of hydrogen-bond donors (Lipinski definition) is 1. The number of phenolic OH excluding ortho intramolecular Hbond substituents is 1. The highest BCUT2D eigenvalue weighted by molar-refractivity contribution is 5.48. The maximum Gasteiger partial charge on any atom is 0.218 e. The topological polar surface area (TPSA) is 61.7 Å². The van der Waals surface area contributed by atoms with Crippen LogP contribution in [0.5, 0.6) is 11.6 Å². The quantitative estimate of drug-likeness (QED) is 0.914. The van der Waals surface area contributed by atoms with Crippen LogP contribution in [-0.4, -0.2) is 58.8 Å². The Bertz CT molecular complexity index is 806. The van der Waals surface area contributed by atoms with E-state index in [9.17, 15) is 5.11 Å². The standard InChI is InChI=1S/C20H24N4O2/c1-26-18-10-17(21-12-22-18)24-11-16(14-3-2-4-15(25)9-14)20-19(24)13-5-7-23(20)8-6-13/h2-4,9-10,12-13,16,19-20,25H,5-8,11H2,1H3/t16-,19+,20+/m1/s1. The molecule has 1 N–H and O–H groups in total. The van der Waals surface area contributed by atoms with Crippen molar-refractivity contribution in [1.82, 2.24) is 14.9 Å². The molecule has 0 amide bonds. The summed E-state index contributed by atoms with van der Waals surface area (Å²) >= 11 is 0. The Kier molecular flexibility index (Phi) is 3.74. The fourth-order valence-electron chi connectivity index (χ4n) is 5.33. The van der Waals surface area contributed by atoms with E-state index in [1.54, 1.807) is 19.5 Å². The van der Waals surface area contributed by atoms with Crippen LogP contribution in [0, 0.1) is 5.92 Å². The highest BCUT2D eigenvalue weighted by atomic mass is 16.5. The first-order chi connectivity index (χ1) is 12.7. The Hall–Kier alpha value is -2.34. The minimum Gasteiger partial charge on any atom is -0.508 e. The van der Waals surface area contributed by atoms with E-state index in [2.05, 4.69) is 25.8 Å². The molecule has 4 fully saturated rings. The van der Waals surface area contributed by atoms with Gasteiger partial charge < -0.3 is 14.7 Å². The average Bonchev–Trinajstić information content (AvgIpc) is 3.12. The molecule has 2 aromatic rings. The highest BCUT2D eigenvalue weighted by Gasteiger charge is 2.53. The second-order valence-corrected chi connectivity index (χ2v) is 7.63. The number of phenols is 1. The van der Waals surface area contributed by atoms with E-state index in [1.165, 1.54) is 31.5 Å². The molecule has 0 radical (unpaired) electrons. The van der Waals surface area contributed by atoms with Gasteiger partial charge in [0, 0.05) is 30.6 Å². The molecule has 0 unspecified atom stereocenters. The summed E-state index contributed by atoms with van der Waals surface area (Å²) < 4.78 is 5.32. The van der Waals surface area contributed by atoms with Gasteiger partial charge in [0.1, 0.15) is 17.9 Å². The van der Waals surface area contributed by atoms with Gasteiger partial charge in [-0.25, -0.2) is 9.97 Å². The van der Waals surface area contributed by atoms with E-state index in [0.29, 0.717) is 35.5 Å². The minimum absolute atomic E-state index is 0.345. The van der Waals surface area contributed by atoms with Crippen LogP contribution in [0.3, 0.4) is 0 Å². The normalized spacial score (nSPS) is 32.5. The zero-order chi connectivity index (χ0) is 17.7. The number of benzene rings is 1. The van der Waals surface area contributed by atoms with E-state index >= 15 is 0 Å². The molecule has 0 saturated carbocycles. The Labute approximate surface area is 153 Å². The number of methoxy groups -OCH3 is 1. The molecule has 3 atom stereocenters. The third kappa shape index (κ3) is 2.43. The van der Waals surface area contributed by atoms with Crippen LogP contribution < -0.4 is 9.64 Å². The van der Waals surface area contributed by atoms with Gasteiger partial charge in [0.25, 0.3) is 0 Å². The number of hydrogen-bond acceptors (Lipinski definition) is 6. The number of ether oxygens (including phenoxy) is 1. The van der Waals surface area contributed by atoms with E-state index in [1.807, 2.05) is 18.2 Å². The van der Waals surface area contributed by atoms with Crippen molar-refractivity contribution in [2.45, 2.75) is 30.8 Å². The molecule has 4 saturated heterocycles. The summed E-state index contributed by atoms with van der Waals surface area (Å²) in [6.45, 7) is 3.27. The van der Waals surface area contributed by atoms with E-state index < -0.39 is 0 Å². The number of nitrogens with zero attached hydrogens (tertiary/aromatic N) is 4. The molecule has 0 aliphatic carbocycles. The third-order valence-corrected chi connectivity index (χ3v) is 6.42. The lowest BCUT2D eigenvalue weighted by atomic mass is 9.75. The molecule has 6 heteroatoms. The summed E-state index contributed by atoms with van der Waals surface area (Å²) in [4.78, 5) is 13.8. The number of aromatic nitrogens is 2. The number of anilines is 1. The lowest BCUT2D eigenvalue weighted by Crippen LogP contribution is -2.60. The Balaban J connectivity index is 1.56. The van der Waals surface area contributed by atoms with Gasteiger partial charge in [-0.2, -0.15) is 0 Å². The maximum absolute atomic E-state index is 9.99. The van der Waals surface area contributed by atoms with Crippen LogP contribution in [0.2, 0.25) is 0 Å². The van der Waals surface area contributed by atoms with E-state index in [-0.39, 0.29) is 0 Å². The fourth-order valence-corrected chi connectivity index (χ4v) is 5.33. The Morgan fingerprint density at radius 1 is 1.12 bits per heavy atom. The predicted molar refractivity (Wildman–Crippen MR) is 98.7 cm³/mol. The zero-order valence-corrected chi connectivity index (χ0v) is 15.0. The second-order valence-electron chi connectivity index (χ2n) is 7.63. The van der Waals surface area contributed by atoms with Crippen molar-refractivity contribution in [3.05, 3.63) is 42.2 Å². The lowest BCUT2D eigenvalue weighted by molar-refractivity contribution is 0.0354. The number of fused-ring (bicyclic) bond motifs is 2. The van der Waals surface area contributed by atoms with Crippen LogP contribution in [0.25, 0.3) is 0 Å². The van der Waals surface area contributed by atoms with Crippen LogP contribution in [0.4, 0.5) is 5.82 Å². The van der Waals surface area contributed by atoms with Gasteiger partial charge in [-0.05, 0) is 49.5 Å². The van der Waals surface area contributed by atoms with Crippen LogP contribution >= 0.6 is 0 Å². The molecule has 5 heterocycles. The molecular weight excluding hydrogens is 328 g/mol. The molecular formula is C20H24N4O2. The molecule has 4 aliphatic heterocycles.